The number of hydrogen-bond donors (Lipinski definition) is 0. The van der Waals surface area contributed by atoms with Crippen molar-refractivity contribution in [3.05, 3.63) is 175 Å². The van der Waals surface area contributed by atoms with Crippen molar-refractivity contribution in [2.75, 3.05) is 0 Å². The first-order valence-electron chi connectivity index (χ1n) is 15.5. The standard InChI is InChI=1S/C44H27N3/c45-28-30-19-34(23-35(20-30)39-25-37(32-11-3-1-4-12-32)24-38(26-39)33-13-5-2-6-14-33)36-21-31(29-46)22-40(27-36)47-43-17-9-7-15-41(43)42-16-8-10-18-44(42)47/h1-27H. The van der Waals surface area contributed by atoms with Gasteiger partial charge in [-0.15, -0.1) is 0 Å². The lowest BCUT2D eigenvalue weighted by atomic mass is 9.91. The lowest BCUT2D eigenvalue weighted by Crippen LogP contribution is -1.96. The Morgan fingerprint density at radius 3 is 1.17 bits per heavy atom. The first-order valence-corrected chi connectivity index (χ1v) is 15.5. The molecular formula is C44H27N3. The van der Waals surface area contributed by atoms with Crippen molar-refractivity contribution >= 4 is 21.8 Å². The van der Waals surface area contributed by atoms with Crippen LogP contribution in [0.3, 0.4) is 0 Å². The first-order chi connectivity index (χ1) is 23.2. The van der Waals surface area contributed by atoms with Crippen LogP contribution in [-0.4, -0.2) is 4.57 Å². The SMILES string of the molecule is N#Cc1cc(-c2cc(-c3ccccc3)cc(-c3ccccc3)c2)cc(-c2cc(C#N)cc(-n3c4ccccc4c4ccccc43)c2)c1. The molecule has 218 valence electrons. The number of rotatable bonds is 5. The summed E-state index contributed by atoms with van der Waals surface area (Å²) in [5.41, 5.74) is 12.3. The van der Waals surface area contributed by atoms with Crippen LogP contribution in [0.2, 0.25) is 0 Å². The largest absolute Gasteiger partial charge is 0.309 e. The molecule has 7 aromatic carbocycles. The highest BCUT2D eigenvalue weighted by molar-refractivity contribution is 6.09. The Labute approximate surface area is 273 Å². The normalized spacial score (nSPS) is 10.9. The zero-order valence-corrected chi connectivity index (χ0v) is 25.4. The van der Waals surface area contributed by atoms with Crippen LogP contribution in [0.1, 0.15) is 11.1 Å². The molecular weight excluding hydrogens is 571 g/mol. The van der Waals surface area contributed by atoms with Gasteiger partial charge in [0.15, 0.2) is 0 Å². The van der Waals surface area contributed by atoms with Crippen molar-refractivity contribution in [3.63, 3.8) is 0 Å². The lowest BCUT2D eigenvalue weighted by Gasteiger charge is -2.14. The van der Waals surface area contributed by atoms with Gasteiger partial charge >= 0.3 is 0 Å². The summed E-state index contributed by atoms with van der Waals surface area (Å²) < 4.78 is 2.22. The number of para-hydroxylation sites is 2. The summed E-state index contributed by atoms with van der Waals surface area (Å²) >= 11 is 0. The number of nitrogens with zero attached hydrogens (tertiary/aromatic N) is 3. The molecule has 0 aliphatic heterocycles. The Kier molecular flexibility index (Phi) is 6.92. The van der Waals surface area contributed by atoms with Crippen LogP contribution < -0.4 is 0 Å². The summed E-state index contributed by atoms with van der Waals surface area (Å²) in [5, 5.41) is 22.7. The fourth-order valence-corrected chi connectivity index (χ4v) is 6.59. The van der Waals surface area contributed by atoms with Crippen molar-refractivity contribution in [3.8, 4) is 62.3 Å². The number of hydrogen-bond acceptors (Lipinski definition) is 2. The highest BCUT2D eigenvalue weighted by Crippen LogP contribution is 2.37. The number of aromatic nitrogens is 1. The van der Waals surface area contributed by atoms with Gasteiger partial charge in [-0.2, -0.15) is 10.5 Å². The van der Waals surface area contributed by atoms with Crippen molar-refractivity contribution in [2.45, 2.75) is 0 Å². The van der Waals surface area contributed by atoms with Crippen LogP contribution in [0.15, 0.2) is 164 Å². The molecule has 0 spiro atoms. The van der Waals surface area contributed by atoms with E-state index in [9.17, 15) is 10.5 Å². The summed E-state index contributed by atoms with van der Waals surface area (Å²) in [7, 11) is 0. The quantitative estimate of drug-likeness (QED) is 0.198. The molecule has 0 N–H and O–H groups in total. The van der Waals surface area contributed by atoms with Gasteiger partial charge in [0.2, 0.25) is 0 Å². The van der Waals surface area contributed by atoms with Gasteiger partial charge in [-0.25, -0.2) is 0 Å². The van der Waals surface area contributed by atoms with Crippen LogP contribution >= 0.6 is 0 Å². The Bertz CT molecular complexity index is 2420. The fourth-order valence-electron chi connectivity index (χ4n) is 6.59. The Morgan fingerprint density at radius 1 is 0.340 bits per heavy atom. The molecule has 0 atom stereocenters. The smallest absolute Gasteiger partial charge is 0.0992 e. The van der Waals surface area contributed by atoms with Crippen LogP contribution in [-0.2, 0) is 0 Å². The topological polar surface area (TPSA) is 52.5 Å². The number of nitriles is 2. The molecule has 1 heterocycles. The first kappa shape index (κ1) is 27.8. The van der Waals surface area contributed by atoms with Crippen molar-refractivity contribution in [2.24, 2.45) is 0 Å². The molecule has 0 fully saturated rings. The van der Waals surface area contributed by atoms with Crippen LogP contribution in [0.25, 0.3) is 72.0 Å². The minimum atomic E-state index is 0.556. The van der Waals surface area contributed by atoms with E-state index in [0.717, 1.165) is 72.0 Å². The van der Waals surface area contributed by atoms with Crippen LogP contribution in [0, 0.1) is 22.7 Å². The molecule has 0 aliphatic carbocycles. The summed E-state index contributed by atoms with van der Waals surface area (Å²) in [5.74, 6) is 0. The van der Waals surface area contributed by atoms with E-state index in [2.05, 4.69) is 132 Å². The van der Waals surface area contributed by atoms with Crippen molar-refractivity contribution in [1.29, 1.82) is 10.5 Å². The second kappa shape index (κ2) is 11.7. The van der Waals surface area contributed by atoms with Gasteiger partial charge in [-0.05, 0) is 111 Å². The van der Waals surface area contributed by atoms with Crippen molar-refractivity contribution < 1.29 is 0 Å². The Hall–Kier alpha value is -6.68. The van der Waals surface area contributed by atoms with E-state index in [0.29, 0.717) is 11.1 Å². The van der Waals surface area contributed by atoms with E-state index < -0.39 is 0 Å². The second-order valence-corrected chi connectivity index (χ2v) is 11.7. The Morgan fingerprint density at radius 2 is 0.702 bits per heavy atom. The third kappa shape index (κ3) is 5.13. The minimum Gasteiger partial charge on any atom is -0.309 e. The highest BCUT2D eigenvalue weighted by Gasteiger charge is 2.15. The van der Waals surface area contributed by atoms with E-state index in [1.165, 1.54) is 0 Å². The second-order valence-electron chi connectivity index (χ2n) is 11.7. The molecule has 0 unspecified atom stereocenters. The van der Waals surface area contributed by atoms with Crippen LogP contribution in [0.4, 0.5) is 0 Å². The molecule has 0 amide bonds. The average molecular weight is 598 g/mol. The maximum Gasteiger partial charge on any atom is 0.0992 e. The fraction of sp³-hybridized carbons (Fsp3) is 0. The average Bonchev–Trinajstić information content (AvgIpc) is 3.49. The molecule has 0 radical (unpaired) electrons. The summed E-state index contributed by atoms with van der Waals surface area (Å²) in [6, 6.07) is 60.8. The zero-order chi connectivity index (χ0) is 31.7. The van der Waals surface area contributed by atoms with E-state index >= 15 is 0 Å². The van der Waals surface area contributed by atoms with Gasteiger partial charge in [0.05, 0.1) is 34.3 Å². The van der Waals surface area contributed by atoms with E-state index in [4.69, 9.17) is 0 Å². The monoisotopic (exact) mass is 597 g/mol. The number of fused-ring (bicyclic) bond motifs is 3. The van der Waals surface area contributed by atoms with Crippen molar-refractivity contribution in [1.82, 2.24) is 4.57 Å². The lowest BCUT2D eigenvalue weighted by molar-refractivity contribution is 1.18. The molecule has 47 heavy (non-hydrogen) atoms. The predicted octanol–water partition coefficient (Wildman–Crippen LogP) is 11.2. The van der Waals surface area contributed by atoms with E-state index in [-0.39, 0.29) is 0 Å². The molecule has 3 heteroatoms. The maximum absolute atomic E-state index is 10.2. The van der Waals surface area contributed by atoms with Gasteiger partial charge in [0.25, 0.3) is 0 Å². The summed E-state index contributed by atoms with van der Waals surface area (Å²) in [4.78, 5) is 0. The summed E-state index contributed by atoms with van der Waals surface area (Å²) in [6.45, 7) is 0. The highest BCUT2D eigenvalue weighted by atomic mass is 15.0. The minimum absolute atomic E-state index is 0.556. The Balaban J connectivity index is 1.33. The summed E-state index contributed by atoms with van der Waals surface area (Å²) in [6.07, 6.45) is 0. The van der Waals surface area contributed by atoms with Gasteiger partial charge < -0.3 is 4.57 Å². The number of benzene rings is 7. The molecule has 0 saturated carbocycles. The van der Waals surface area contributed by atoms with Crippen LogP contribution in [0.5, 0.6) is 0 Å². The molecule has 8 aromatic rings. The molecule has 8 rings (SSSR count). The predicted molar refractivity (Wildman–Crippen MR) is 192 cm³/mol. The zero-order valence-electron chi connectivity index (χ0n) is 25.4. The van der Waals surface area contributed by atoms with Gasteiger partial charge in [0.1, 0.15) is 0 Å². The van der Waals surface area contributed by atoms with Gasteiger partial charge in [-0.1, -0.05) is 97.1 Å². The van der Waals surface area contributed by atoms with E-state index in [1.54, 1.807) is 0 Å². The molecule has 0 aliphatic rings. The molecule has 3 nitrogen and oxygen atoms in total. The maximum atomic E-state index is 10.2. The molecule has 0 saturated heterocycles. The van der Waals surface area contributed by atoms with Gasteiger partial charge in [-0.3, -0.25) is 0 Å². The third-order valence-corrected chi connectivity index (χ3v) is 8.76. The molecule has 0 bridgehead atoms. The third-order valence-electron chi connectivity index (χ3n) is 8.76. The van der Waals surface area contributed by atoms with E-state index in [1.807, 2.05) is 48.5 Å². The van der Waals surface area contributed by atoms with Gasteiger partial charge in [0, 0.05) is 16.5 Å². The molecule has 1 aromatic heterocycles.